The molecule has 116 valence electrons. The first-order valence-electron chi connectivity index (χ1n) is 7.89. The predicted octanol–water partition coefficient (Wildman–Crippen LogP) is 3.03. The average Bonchev–Trinajstić information content (AvgIpc) is 2.43. The molecule has 21 heavy (non-hydrogen) atoms. The van der Waals surface area contributed by atoms with Gasteiger partial charge in [-0.3, -0.25) is 9.69 Å². The first-order chi connectivity index (χ1) is 10.0. The fraction of sp³-hybridized carbons (Fsp3) is 0.588. The number of hydrogen-bond acceptors (Lipinski definition) is 3. The molecule has 4 nitrogen and oxygen atoms in total. The summed E-state index contributed by atoms with van der Waals surface area (Å²) in [5, 5.41) is 2.97. The number of carbonyl (C=O) groups excluding carboxylic acids is 1. The number of likely N-dealkylation sites (N-methyl/N-ethyl adjacent to an activating group) is 1. The summed E-state index contributed by atoms with van der Waals surface area (Å²) in [5.74, 6) is 0.802. The molecular weight excluding hydrogens is 262 g/mol. The van der Waals surface area contributed by atoms with Crippen molar-refractivity contribution >= 4 is 17.3 Å². The van der Waals surface area contributed by atoms with Crippen LogP contribution in [-0.2, 0) is 4.79 Å². The average molecular weight is 289 g/mol. The smallest absolute Gasteiger partial charge is 0.238 e. The second-order valence-corrected chi connectivity index (χ2v) is 6.32. The van der Waals surface area contributed by atoms with E-state index in [1.54, 1.807) is 0 Å². The van der Waals surface area contributed by atoms with Crippen molar-refractivity contribution in [1.82, 2.24) is 4.90 Å². The Kier molecular flexibility index (Phi) is 5.62. The molecule has 4 heteroatoms. The highest BCUT2D eigenvalue weighted by molar-refractivity contribution is 5.93. The summed E-state index contributed by atoms with van der Waals surface area (Å²) in [6, 6.07) is 5.55. The first kappa shape index (κ1) is 15.8. The monoisotopic (exact) mass is 289 g/mol. The number of carbonyl (C=O) groups is 1. The molecule has 1 aromatic carbocycles. The Balaban J connectivity index is 1.80. The third-order valence-electron chi connectivity index (χ3n) is 4.23. The van der Waals surface area contributed by atoms with E-state index in [0.29, 0.717) is 6.54 Å². The molecule has 0 unspecified atom stereocenters. The SMILES string of the molecule is Cc1cc(N)ccc1NC(=O)CN(C)CC1CCCCC1. The summed E-state index contributed by atoms with van der Waals surface area (Å²) >= 11 is 0. The zero-order valence-electron chi connectivity index (χ0n) is 13.2. The lowest BCUT2D eigenvalue weighted by Gasteiger charge is -2.26. The molecule has 0 radical (unpaired) electrons. The highest BCUT2D eigenvalue weighted by Gasteiger charge is 2.17. The molecule has 0 bridgehead atoms. The fourth-order valence-corrected chi connectivity index (χ4v) is 3.14. The maximum absolute atomic E-state index is 12.1. The van der Waals surface area contributed by atoms with E-state index in [1.807, 2.05) is 32.2 Å². The second-order valence-electron chi connectivity index (χ2n) is 6.32. The van der Waals surface area contributed by atoms with Crippen molar-refractivity contribution in [2.75, 3.05) is 31.2 Å². The molecule has 1 fully saturated rings. The van der Waals surface area contributed by atoms with Crippen LogP contribution in [-0.4, -0.2) is 30.9 Å². The minimum Gasteiger partial charge on any atom is -0.399 e. The third-order valence-corrected chi connectivity index (χ3v) is 4.23. The predicted molar refractivity (Wildman–Crippen MR) is 88.3 cm³/mol. The Morgan fingerprint density at radius 2 is 2.05 bits per heavy atom. The van der Waals surface area contributed by atoms with Gasteiger partial charge in [-0.1, -0.05) is 19.3 Å². The van der Waals surface area contributed by atoms with E-state index < -0.39 is 0 Å². The van der Waals surface area contributed by atoms with E-state index in [4.69, 9.17) is 5.73 Å². The van der Waals surface area contributed by atoms with Gasteiger partial charge in [-0.25, -0.2) is 0 Å². The third kappa shape index (κ3) is 5.05. The summed E-state index contributed by atoms with van der Waals surface area (Å²) in [6.07, 6.45) is 6.67. The van der Waals surface area contributed by atoms with Gasteiger partial charge in [0.1, 0.15) is 0 Å². The van der Waals surface area contributed by atoms with Crippen LogP contribution in [0.3, 0.4) is 0 Å². The molecule has 2 rings (SSSR count). The molecule has 0 saturated heterocycles. The van der Waals surface area contributed by atoms with Crippen molar-refractivity contribution < 1.29 is 4.79 Å². The van der Waals surface area contributed by atoms with Crippen LogP contribution in [0.25, 0.3) is 0 Å². The maximum Gasteiger partial charge on any atom is 0.238 e. The summed E-state index contributed by atoms with van der Waals surface area (Å²) in [5.41, 5.74) is 8.29. The van der Waals surface area contributed by atoms with Gasteiger partial charge in [-0.05, 0) is 56.5 Å². The molecule has 1 amide bonds. The van der Waals surface area contributed by atoms with Crippen LogP contribution in [0, 0.1) is 12.8 Å². The van der Waals surface area contributed by atoms with Crippen LogP contribution < -0.4 is 11.1 Å². The van der Waals surface area contributed by atoms with Gasteiger partial charge in [0.25, 0.3) is 0 Å². The highest BCUT2D eigenvalue weighted by atomic mass is 16.2. The fourth-order valence-electron chi connectivity index (χ4n) is 3.14. The molecule has 3 N–H and O–H groups in total. The molecule has 0 heterocycles. The molecule has 0 atom stereocenters. The Labute approximate surface area is 127 Å². The van der Waals surface area contributed by atoms with Gasteiger partial charge in [0.05, 0.1) is 6.54 Å². The van der Waals surface area contributed by atoms with E-state index >= 15 is 0 Å². The number of anilines is 2. The molecule has 1 aliphatic carbocycles. The number of aryl methyl sites for hydroxylation is 1. The molecule has 1 saturated carbocycles. The van der Waals surface area contributed by atoms with Crippen LogP contribution in [0.5, 0.6) is 0 Å². The quantitative estimate of drug-likeness (QED) is 0.819. The highest BCUT2D eigenvalue weighted by Crippen LogP contribution is 2.24. The van der Waals surface area contributed by atoms with Gasteiger partial charge in [-0.2, -0.15) is 0 Å². The van der Waals surface area contributed by atoms with E-state index in [2.05, 4.69) is 10.2 Å². The minimum absolute atomic E-state index is 0.0428. The summed E-state index contributed by atoms with van der Waals surface area (Å²) in [7, 11) is 2.03. The van der Waals surface area contributed by atoms with Crippen molar-refractivity contribution in [3.8, 4) is 0 Å². The molecule has 0 spiro atoms. The molecule has 1 aliphatic rings. The molecule has 0 aliphatic heterocycles. The van der Waals surface area contributed by atoms with E-state index in [-0.39, 0.29) is 5.91 Å². The van der Waals surface area contributed by atoms with Crippen LogP contribution in [0.2, 0.25) is 0 Å². The summed E-state index contributed by atoms with van der Waals surface area (Å²) in [6.45, 7) is 3.42. The van der Waals surface area contributed by atoms with Crippen molar-refractivity contribution in [3.63, 3.8) is 0 Å². The van der Waals surface area contributed by atoms with Gasteiger partial charge in [0.2, 0.25) is 5.91 Å². The van der Waals surface area contributed by atoms with Gasteiger partial charge >= 0.3 is 0 Å². The zero-order chi connectivity index (χ0) is 15.2. The number of amides is 1. The normalized spacial score (nSPS) is 16.1. The minimum atomic E-state index is 0.0428. The van der Waals surface area contributed by atoms with E-state index in [0.717, 1.165) is 29.4 Å². The van der Waals surface area contributed by atoms with Crippen molar-refractivity contribution in [1.29, 1.82) is 0 Å². The molecular formula is C17H27N3O. The number of nitrogens with two attached hydrogens (primary N) is 1. The number of hydrogen-bond donors (Lipinski definition) is 2. The molecule has 0 aromatic heterocycles. The molecule has 1 aromatic rings. The summed E-state index contributed by atoms with van der Waals surface area (Å²) in [4.78, 5) is 14.3. The Bertz CT molecular complexity index is 481. The zero-order valence-corrected chi connectivity index (χ0v) is 13.2. The topological polar surface area (TPSA) is 58.4 Å². The van der Waals surface area contributed by atoms with Gasteiger partial charge < -0.3 is 11.1 Å². The second kappa shape index (κ2) is 7.46. The van der Waals surface area contributed by atoms with Crippen LogP contribution in [0.1, 0.15) is 37.7 Å². The number of rotatable bonds is 5. The lowest BCUT2D eigenvalue weighted by atomic mass is 9.89. The Hall–Kier alpha value is -1.55. The van der Waals surface area contributed by atoms with Gasteiger partial charge in [0.15, 0.2) is 0 Å². The number of nitrogen functional groups attached to an aromatic ring is 1. The number of benzene rings is 1. The van der Waals surface area contributed by atoms with E-state index in [9.17, 15) is 4.79 Å². The van der Waals surface area contributed by atoms with Crippen LogP contribution in [0.15, 0.2) is 18.2 Å². The van der Waals surface area contributed by atoms with Crippen molar-refractivity contribution in [2.24, 2.45) is 5.92 Å². The summed E-state index contributed by atoms with van der Waals surface area (Å²) < 4.78 is 0. The Morgan fingerprint density at radius 1 is 1.33 bits per heavy atom. The lowest BCUT2D eigenvalue weighted by Crippen LogP contribution is -2.34. The van der Waals surface area contributed by atoms with Crippen molar-refractivity contribution in [2.45, 2.75) is 39.0 Å². The standard InChI is InChI=1S/C17H27N3O/c1-13-10-15(18)8-9-16(13)19-17(21)12-20(2)11-14-6-4-3-5-7-14/h8-10,14H,3-7,11-12,18H2,1-2H3,(H,19,21). The maximum atomic E-state index is 12.1. The van der Waals surface area contributed by atoms with Crippen LogP contribution in [0.4, 0.5) is 11.4 Å². The van der Waals surface area contributed by atoms with Crippen LogP contribution >= 0.6 is 0 Å². The van der Waals surface area contributed by atoms with Crippen molar-refractivity contribution in [3.05, 3.63) is 23.8 Å². The number of nitrogens with one attached hydrogen (secondary N) is 1. The largest absolute Gasteiger partial charge is 0.399 e. The van der Waals surface area contributed by atoms with Gasteiger partial charge in [0, 0.05) is 17.9 Å². The lowest BCUT2D eigenvalue weighted by molar-refractivity contribution is -0.117. The van der Waals surface area contributed by atoms with Gasteiger partial charge in [-0.15, -0.1) is 0 Å². The Morgan fingerprint density at radius 3 is 2.71 bits per heavy atom. The first-order valence-corrected chi connectivity index (χ1v) is 7.89. The van der Waals surface area contributed by atoms with E-state index in [1.165, 1.54) is 32.1 Å². The number of nitrogens with zero attached hydrogens (tertiary/aromatic N) is 1.